The van der Waals surface area contributed by atoms with E-state index in [1.54, 1.807) is 17.2 Å². The summed E-state index contributed by atoms with van der Waals surface area (Å²) in [6, 6.07) is 6.31. The molecule has 28 heavy (non-hydrogen) atoms. The monoisotopic (exact) mass is 407 g/mol. The van der Waals surface area contributed by atoms with Gasteiger partial charge in [0.2, 0.25) is 5.95 Å². The minimum absolute atomic E-state index is 0.0940. The van der Waals surface area contributed by atoms with Crippen LogP contribution in [0.2, 0.25) is 0 Å². The maximum atomic E-state index is 13.8. The molecular weight excluding hydrogens is 381 g/mol. The molecule has 0 spiro atoms. The van der Waals surface area contributed by atoms with Gasteiger partial charge in [0.05, 0.1) is 5.69 Å². The third-order valence-corrected chi connectivity index (χ3v) is 6.81. The van der Waals surface area contributed by atoms with Crippen molar-refractivity contribution in [3.05, 3.63) is 42.0 Å². The molecule has 0 aliphatic carbocycles. The van der Waals surface area contributed by atoms with E-state index >= 15 is 0 Å². The largest absolute Gasteiger partial charge is 0.347 e. The number of aromatic nitrogens is 2. The van der Waals surface area contributed by atoms with Crippen LogP contribution in [0.4, 0.5) is 10.3 Å². The molecule has 1 atom stereocenters. The van der Waals surface area contributed by atoms with Crippen molar-refractivity contribution in [2.24, 2.45) is 0 Å². The molecule has 0 radical (unpaired) electrons. The predicted molar refractivity (Wildman–Crippen MR) is 108 cm³/mol. The Kier molecular flexibility index (Phi) is 5.97. The Bertz CT molecular complexity index is 949. The molecular formula is C19H26FN5O2S. The highest BCUT2D eigenvalue weighted by atomic mass is 32.2. The van der Waals surface area contributed by atoms with Gasteiger partial charge < -0.3 is 4.90 Å². The lowest BCUT2D eigenvalue weighted by atomic mass is 9.91. The van der Waals surface area contributed by atoms with Gasteiger partial charge in [0.15, 0.2) is 0 Å². The first-order valence-corrected chi connectivity index (χ1v) is 10.6. The van der Waals surface area contributed by atoms with Crippen molar-refractivity contribution in [1.29, 1.82) is 0 Å². The third-order valence-electron chi connectivity index (χ3n) is 4.90. The summed E-state index contributed by atoms with van der Waals surface area (Å²) >= 11 is 0. The Morgan fingerprint density at radius 3 is 2.61 bits per heavy atom. The molecule has 9 heteroatoms. The molecule has 1 fully saturated rings. The molecule has 7 nitrogen and oxygen atoms in total. The Labute approximate surface area is 166 Å². The summed E-state index contributed by atoms with van der Waals surface area (Å²) in [7, 11) is 3.27. The molecule has 1 aromatic heterocycles. The lowest BCUT2D eigenvalue weighted by molar-refractivity contribution is 0.296. The first-order chi connectivity index (χ1) is 13.2. The summed E-state index contributed by atoms with van der Waals surface area (Å²) in [5, 5.41) is 0. The summed E-state index contributed by atoms with van der Waals surface area (Å²) in [5.74, 6) is 0.117. The van der Waals surface area contributed by atoms with E-state index in [4.69, 9.17) is 4.98 Å². The van der Waals surface area contributed by atoms with Gasteiger partial charge in [0.25, 0.3) is 10.2 Å². The molecule has 152 valence electrons. The Morgan fingerprint density at radius 2 is 1.96 bits per heavy atom. The number of rotatable bonds is 5. The maximum absolute atomic E-state index is 13.8. The average Bonchev–Trinajstić information content (AvgIpc) is 2.67. The number of benzene rings is 1. The van der Waals surface area contributed by atoms with E-state index in [9.17, 15) is 12.8 Å². The Balaban J connectivity index is 2.05. The zero-order chi connectivity index (χ0) is 20.5. The van der Waals surface area contributed by atoms with Crippen LogP contribution >= 0.6 is 0 Å². The highest BCUT2D eigenvalue weighted by Crippen LogP contribution is 2.35. The van der Waals surface area contributed by atoms with Crippen molar-refractivity contribution in [3.8, 4) is 11.1 Å². The highest BCUT2D eigenvalue weighted by molar-refractivity contribution is 7.86. The second kappa shape index (κ2) is 8.10. The van der Waals surface area contributed by atoms with Gasteiger partial charge >= 0.3 is 0 Å². The fourth-order valence-electron chi connectivity index (χ4n) is 3.40. The molecule has 2 aromatic rings. The number of nitrogens with zero attached hydrogens (tertiary/aromatic N) is 5. The topological polar surface area (TPSA) is 69.6 Å². The van der Waals surface area contributed by atoms with Crippen molar-refractivity contribution < 1.29 is 12.8 Å². The SMILES string of the molecule is CN(C)c1ncc(-c2cccc(F)c2)c([C@H]2CCCN(S(=O)(=O)N(C)C)C2)n1. The predicted octanol–water partition coefficient (Wildman–Crippen LogP) is 2.33. The van der Waals surface area contributed by atoms with Crippen LogP contribution < -0.4 is 4.90 Å². The zero-order valence-electron chi connectivity index (χ0n) is 16.6. The molecule has 0 N–H and O–H groups in total. The Morgan fingerprint density at radius 1 is 1.21 bits per heavy atom. The Hall–Kier alpha value is -2.10. The van der Waals surface area contributed by atoms with Crippen molar-refractivity contribution in [2.75, 3.05) is 46.2 Å². The second-order valence-electron chi connectivity index (χ2n) is 7.36. The molecule has 0 saturated carbocycles. The number of hydrogen-bond acceptors (Lipinski definition) is 5. The molecule has 2 heterocycles. The third kappa shape index (κ3) is 4.16. The number of hydrogen-bond donors (Lipinski definition) is 0. The van der Waals surface area contributed by atoms with Gasteiger partial charge in [-0.15, -0.1) is 0 Å². The van der Waals surface area contributed by atoms with Gasteiger partial charge in [-0.2, -0.15) is 17.0 Å². The van der Waals surface area contributed by atoms with Crippen LogP contribution in [0.25, 0.3) is 11.1 Å². The molecule has 1 aliphatic rings. The van der Waals surface area contributed by atoms with Crippen molar-refractivity contribution in [3.63, 3.8) is 0 Å². The van der Waals surface area contributed by atoms with E-state index in [1.807, 2.05) is 20.2 Å². The van der Waals surface area contributed by atoms with Crippen LogP contribution in [0.15, 0.2) is 30.5 Å². The van der Waals surface area contributed by atoms with Crippen molar-refractivity contribution in [2.45, 2.75) is 18.8 Å². The second-order valence-corrected chi connectivity index (χ2v) is 9.50. The maximum Gasteiger partial charge on any atom is 0.281 e. The summed E-state index contributed by atoms with van der Waals surface area (Å²) in [6.07, 6.45) is 3.25. The lowest BCUT2D eigenvalue weighted by Gasteiger charge is -2.34. The van der Waals surface area contributed by atoms with Crippen molar-refractivity contribution >= 4 is 16.2 Å². The van der Waals surface area contributed by atoms with Gasteiger partial charge in [-0.1, -0.05) is 12.1 Å². The summed E-state index contributed by atoms with van der Waals surface area (Å²) in [6.45, 7) is 0.824. The van der Waals surface area contributed by atoms with E-state index in [0.29, 0.717) is 24.6 Å². The summed E-state index contributed by atoms with van der Waals surface area (Å²) in [4.78, 5) is 10.9. The fraction of sp³-hybridized carbons (Fsp3) is 0.474. The highest BCUT2D eigenvalue weighted by Gasteiger charge is 2.33. The summed E-state index contributed by atoms with van der Waals surface area (Å²) < 4.78 is 41.7. The number of anilines is 1. The van der Waals surface area contributed by atoms with Crippen LogP contribution in [-0.4, -0.2) is 68.3 Å². The molecule has 0 unspecified atom stereocenters. The van der Waals surface area contributed by atoms with E-state index < -0.39 is 10.2 Å². The van der Waals surface area contributed by atoms with Gasteiger partial charge in [0.1, 0.15) is 5.82 Å². The normalized spacial score (nSPS) is 18.4. The van der Waals surface area contributed by atoms with Crippen LogP contribution in [-0.2, 0) is 10.2 Å². The van der Waals surface area contributed by atoms with E-state index in [2.05, 4.69) is 4.98 Å². The summed E-state index contributed by atoms with van der Waals surface area (Å²) in [5.41, 5.74) is 2.18. The fourth-order valence-corrected chi connectivity index (χ4v) is 4.59. The number of piperidine rings is 1. The van der Waals surface area contributed by atoms with E-state index in [0.717, 1.165) is 24.1 Å². The molecule has 1 aliphatic heterocycles. The van der Waals surface area contributed by atoms with Gasteiger partial charge in [0, 0.05) is 59.0 Å². The van der Waals surface area contributed by atoms with Gasteiger partial charge in [-0.25, -0.2) is 14.4 Å². The number of halogens is 1. The first kappa shape index (κ1) is 20.6. The van der Waals surface area contributed by atoms with Crippen molar-refractivity contribution in [1.82, 2.24) is 18.6 Å². The molecule has 1 saturated heterocycles. The van der Waals surface area contributed by atoms with Crippen LogP contribution in [0.3, 0.4) is 0 Å². The first-order valence-electron chi connectivity index (χ1n) is 9.18. The van der Waals surface area contributed by atoms with E-state index in [-0.39, 0.29) is 11.7 Å². The van der Waals surface area contributed by atoms with Gasteiger partial charge in [-0.3, -0.25) is 0 Å². The standard InChI is InChI=1S/C19H26FN5O2S/c1-23(2)19-21-12-17(14-7-5-9-16(20)11-14)18(22-19)15-8-6-10-25(13-15)28(26,27)24(3)4/h5,7,9,11-12,15H,6,8,10,13H2,1-4H3/t15-/m0/s1. The average molecular weight is 408 g/mol. The minimum Gasteiger partial charge on any atom is -0.347 e. The molecule has 0 amide bonds. The minimum atomic E-state index is -3.50. The van der Waals surface area contributed by atoms with Crippen LogP contribution in [0.1, 0.15) is 24.5 Å². The molecule has 1 aromatic carbocycles. The van der Waals surface area contributed by atoms with Gasteiger partial charge in [-0.05, 0) is 30.5 Å². The van der Waals surface area contributed by atoms with Crippen LogP contribution in [0, 0.1) is 5.82 Å². The molecule has 0 bridgehead atoms. The molecule has 3 rings (SSSR count). The van der Waals surface area contributed by atoms with E-state index in [1.165, 1.54) is 34.8 Å². The zero-order valence-corrected chi connectivity index (χ0v) is 17.4. The lowest BCUT2D eigenvalue weighted by Crippen LogP contribution is -2.45. The van der Waals surface area contributed by atoms with Crippen LogP contribution in [0.5, 0.6) is 0 Å². The quantitative estimate of drug-likeness (QED) is 0.761. The smallest absolute Gasteiger partial charge is 0.281 e.